The molecule has 2 aromatic rings. The fraction of sp³-hybridized carbons (Fsp3) is 0.222. The quantitative estimate of drug-likeness (QED) is 0.784. The highest BCUT2D eigenvalue weighted by Crippen LogP contribution is 2.42. The van der Waals surface area contributed by atoms with Crippen LogP contribution in [0.15, 0.2) is 51.0 Å². The monoisotopic (exact) mass is 377 g/mol. The molecule has 0 saturated carbocycles. The molecule has 8 heteroatoms. The van der Waals surface area contributed by atoms with Crippen LogP contribution in [0, 0.1) is 0 Å². The second-order valence-corrected chi connectivity index (χ2v) is 5.95. The summed E-state index contributed by atoms with van der Waals surface area (Å²) in [6.45, 7) is 1.30. The molecule has 0 aliphatic carbocycles. The van der Waals surface area contributed by atoms with Crippen molar-refractivity contribution in [1.82, 2.24) is 0 Å². The predicted octanol–water partition coefficient (Wildman–Crippen LogP) is 2.04. The van der Waals surface area contributed by atoms with Crippen molar-refractivity contribution in [2.45, 2.75) is 19.4 Å². The topological polar surface area (TPSA) is 112 Å². The average molecular weight is 378 g/mol. The van der Waals surface area contributed by atoms with Crippen molar-refractivity contribution in [2.24, 2.45) is 5.73 Å². The number of halogens is 1. The molecule has 0 spiro atoms. The summed E-state index contributed by atoms with van der Waals surface area (Å²) in [5.74, 6) is -1.86. The minimum atomic E-state index is -0.865. The number of benzene rings is 1. The molecule has 0 fully saturated rings. The fourth-order valence-electron chi connectivity index (χ4n) is 2.79. The standard InChI is InChI=1S/C18H16ClNO6/c1-2-24-18(23)14-13(9-4-3-5-10(19)6-9)16-15(26-17(14)20)12(22)7-11(8-21)25-16/h3-7,13,21H,2,8,20H2,1H3. The van der Waals surface area contributed by atoms with Crippen molar-refractivity contribution in [3.63, 3.8) is 0 Å². The van der Waals surface area contributed by atoms with Crippen LogP contribution in [0.3, 0.4) is 0 Å². The van der Waals surface area contributed by atoms with Gasteiger partial charge < -0.3 is 24.7 Å². The molecule has 1 aliphatic heterocycles. The number of fused-ring (bicyclic) bond motifs is 1. The first-order valence-electron chi connectivity index (χ1n) is 7.84. The highest BCUT2D eigenvalue weighted by atomic mass is 35.5. The molecule has 1 unspecified atom stereocenters. The lowest BCUT2D eigenvalue weighted by Gasteiger charge is -2.27. The van der Waals surface area contributed by atoms with Gasteiger partial charge in [-0.05, 0) is 24.6 Å². The van der Waals surface area contributed by atoms with E-state index in [1.165, 1.54) is 0 Å². The molecule has 0 radical (unpaired) electrons. The summed E-state index contributed by atoms with van der Waals surface area (Å²) < 4.78 is 16.1. The highest BCUT2D eigenvalue weighted by molar-refractivity contribution is 6.30. The zero-order chi connectivity index (χ0) is 18.8. The van der Waals surface area contributed by atoms with Gasteiger partial charge in [-0.25, -0.2) is 4.79 Å². The van der Waals surface area contributed by atoms with Crippen molar-refractivity contribution in [3.8, 4) is 5.75 Å². The van der Waals surface area contributed by atoms with Crippen LogP contribution in [0.1, 0.15) is 29.9 Å². The number of nitrogens with two attached hydrogens (primary N) is 1. The zero-order valence-electron chi connectivity index (χ0n) is 13.8. The SMILES string of the molecule is CCOC(=O)C1=C(N)Oc2c(oc(CO)cc2=O)C1c1cccc(Cl)c1. The summed E-state index contributed by atoms with van der Waals surface area (Å²) in [4.78, 5) is 24.8. The number of rotatable bonds is 4. The van der Waals surface area contributed by atoms with E-state index < -0.39 is 23.9 Å². The highest BCUT2D eigenvalue weighted by Gasteiger charge is 2.39. The summed E-state index contributed by atoms with van der Waals surface area (Å²) in [5.41, 5.74) is 5.96. The lowest BCUT2D eigenvalue weighted by Crippen LogP contribution is -2.30. The summed E-state index contributed by atoms with van der Waals surface area (Å²) in [6, 6.07) is 7.81. The van der Waals surface area contributed by atoms with Gasteiger partial charge in [0, 0.05) is 11.1 Å². The van der Waals surface area contributed by atoms with E-state index in [1.807, 2.05) is 0 Å². The molecular weight excluding hydrogens is 362 g/mol. The number of carbonyl (C=O) groups is 1. The third-order valence-electron chi connectivity index (χ3n) is 3.84. The van der Waals surface area contributed by atoms with Gasteiger partial charge in [0.15, 0.2) is 5.76 Å². The molecule has 26 heavy (non-hydrogen) atoms. The van der Waals surface area contributed by atoms with Crippen LogP contribution < -0.4 is 15.9 Å². The fourth-order valence-corrected chi connectivity index (χ4v) is 2.99. The largest absolute Gasteiger partial charge is 0.462 e. The maximum absolute atomic E-state index is 12.5. The number of esters is 1. The molecule has 1 aromatic heterocycles. The maximum Gasteiger partial charge on any atom is 0.340 e. The molecule has 136 valence electrons. The van der Waals surface area contributed by atoms with Crippen LogP contribution in [0.5, 0.6) is 5.75 Å². The molecule has 1 aromatic carbocycles. The minimum absolute atomic E-state index is 0.000133. The Labute approximate surface area is 153 Å². The number of carbonyl (C=O) groups excluding carboxylic acids is 1. The average Bonchev–Trinajstić information content (AvgIpc) is 2.61. The molecule has 2 heterocycles. The Morgan fingerprint density at radius 1 is 1.38 bits per heavy atom. The first kappa shape index (κ1) is 18.0. The van der Waals surface area contributed by atoms with Crippen LogP contribution in [0.4, 0.5) is 0 Å². The second kappa shape index (κ2) is 7.23. The van der Waals surface area contributed by atoms with Gasteiger partial charge in [-0.15, -0.1) is 0 Å². The predicted molar refractivity (Wildman–Crippen MR) is 92.7 cm³/mol. The van der Waals surface area contributed by atoms with Crippen molar-refractivity contribution < 1.29 is 23.8 Å². The molecule has 0 saturated heterocycles. The van der Waals surface area contributed by atoms with Crippen LogP contribution in [0.2, 0.25) is 5.02 Å². The number of aliphatic hydroxyl groups excluding tert-OH is 1. The van der Waals surface area contributed by atoms with Gasteiger partial charge >= 0.3 is 5.97 Å². The number of aliphatic hydroxyl groups is 1. The number of ether oxygens (including phenoxy) is 2. The van der Waals surface area contributed by atoms with Crippen molar-refractivity contribution in [1.29, 1.82) is 0 Å². The van der Waals surface area contributed by atoms with E-state index >= 15 is 0 Å². The molecule has 0 bridgehead atoms. The van der Waals surface area contributed by atoms with Gasteiger partial charge in [-0.3, -0.25) is 4.79 Å². The Hall–Kier alpha value is -2.77. The van der Waals surface area contributed by atoms with E-state index in [0.717, 1.165) is 6.07 Å². The van der Waals surface area contributed by atoms with Crippen LogP contribution in [0.25, 0.3) is 0 Å². The van der Waals surface area contributed by atoms with Crippen LogP contribution in [-0.4, -0.2) is 17.7 Å². The molecule has 3 rings (SSSR count). The van der Waals surface area contributed by atoms with Gasteiger partial charge in [-0.1, -0.05) is 23.7 Å². The molecular formula is C18H16ClNO6. The van der Waals surface area contributed by atoms with Crippen molar-refractivity contribution in [2.75, 3.05) is 6.61 Å². The van der Waals surface area contributed by atoms with Gasteiger partial charge in [0.2, 0.25) is 17.1 Å². The molecule has 1 atom stereocenters. The number of hydrogen-bond donors (Lipinski definition) is 2. The van der Waals surface area contributed by atoms with Gasteiger partial charge in [0.05, 0.1) is 12.5 Å². The lowest BCUT2D eigenvalue weighted by molar-refractivity contribution is -0.139. The Morgan fingerprint density at radius 2 is 2.15 bits per heavy atom. The first-order valence-corrected chi connectivity index (χ1v) is 8.21. The number of hydrogen-bond acceptors (Lipinski definition) is 7. The van der Waals surface area contributed by atoms with Crippen molar-refractivity contribution in [3.05, 3.63) is 74.1 Å². The van der Waals surface area contributed by atoms with E-state index in [4.69, 9.17) is 31.2 Å². The van der Waals surface area contributed by atoms with Crippen LogP contribution >= 0.6 is 11.6 Å². The van der Waals surface area contributed by atoms with E-state index in [0.29, 0.717) is 10.6 Å². The third kappa shape index (κ3) is 3.18. The maximum atomic E-state index is 12.5. The van der Waals surface area contributed by atoms with Gasteiger partial charge in [-0.2, -0.15) is 0 Å². The molecule has 0 amide bonds. The molecule has 3 N–H and O–H groups in total. The molecule has 1 aliphatic rings. The Morgan fingerprint density at radius 3 is 2.81 bits per heavy atom. The Balaban J connectivity index is 2.28. The lowest BCUT2D eigenvalue weighted by atomic mass is 9.86. The normalized spacial score (nSPS) is 16.0. The minimum Gasteiger partial charge on any atom is -0.462 e. The van der Waals surface area contributed by atoms with Crippen LogP contribution in [-0.2, 0) is 16.1 Å². The summed E-state index contributed by atoms with van der Waals surface area (Å²) in [7, 11) is 0. The third-order valence-corrected chi connectivity index (χ3v) is 4.08. The Kier molecular flexibility index (Phi) is 5.01. The van der Waals surface area contributed by atoms with E-state index in [9.17, 15) is 14.7 Å². The summed E-state index contributed by atoms with van der Waals surface area (Å²) in [6.07, 6.45) is 0. The summed E-state index contributed by atoms with van der Waals surface area (Å²) in [5, 5.41) is 9.78. The van der Waals surface area contributed by atoms with E-state index in [1.54, 1.807) is 31.2 Å². The molecule has 7 nitrogen and oxygen atoms in total. The zero-order valence-corrected chi connectivity index (χ0v) is 14.6. The smallest absolute Gasteiger partial charge is 0.340 e. The van der Waals surface area contributed by atoms with Gasteiger partial charge in [0.25, 0.3) is 0 Å². The Bertz CT molecular complexity index is 949. The summed E-state index contributed by atoms with van der Waals surface area (Å²) >= 11 is 6.08. The van der Waals surface area contributed by atoms with Gasteiger partial charge in [0.1, 0.15) is 17.9 Å². The second-order valence-electron chi connectivity index (χ2n) is 5.52. The van der Waals surface area contributed by atoms with E-state index in [2.05, 4.69) is 0 Å². The van der Waals surface area contributed by atoms with Crippen molar-refractivity contribution >= 4 is 17.6 Å². The first-order chi connectivity index (χ1) is 12.5. The van der Waals surface area contributed by atoms with E-state index in [-0.39, 0.29) is 35.3 Å².